The molecular formula is C11H19N3O2. The van der Waals surface area contributed by atoms with Crippen molar-refractivity contribution in [2.24, 2.45) is 0 Å². The Bertz CT molecular complexity index is 307. The molecule has 0 radical (unpaired) electrons. The number of hydrogen-bond acceptors (Lipinski definition) is 5. The highest BCUT2D eigenvalue weighted by Crippen LogP contribution is 2.09. The van der Waals surface area contributed by atoms with E-state index in [1.165, 1.54) is 0 Å². The van der Waals surface area contributed by atoms with Crippen molar-refractivity contribution in [3.63, 3.8) is 0 Å². The van der Waals surface area contributed by atoms with Gasteiger partial charge in [-0.2, -0.15) is 0 Å². The monoisotopic (exact) mass is 225 g/mol. The first-order valence-electron chi connectivity index (χ1n) is 5.32. The van der Waals surface area contributed by atoms with Crippen LogP contribution in [0.25, 0.3) is 0 Å². The summed E-state index contributed by atoms with van der Waals surface area (Å²) in [6.45, 7) is 4.16. The van der Waals surface area contributed by atoms with Crippen LogP contribution in [0.4, 0.5) is 0 Å². The van der Waals surface area contributed by atoms with Crippen molar-refractivity contribution in [1.29, 1.82) is 0 Å². The Labute approximate surface area is 96.2 Å². The van der Waals surface area contributed by atoms with Gasteiger partial charge in [-0.3, -0.25) is 0 Å². The fourth-order valence-electron chi connectivity index (χ4n) is 1.20. The standard InChI is InChI=1S/C11H19N3O2/c1-9(16-3)11-13-5-4-10(14-11)8-12-6-7-15-2/h4-5,9,12H,6-8H2,1-3H3. The summed E-state index contributed by atoms with van der Waals surface area (Å²) < 4.78 is 10.1. The summed E-state index contributed by atoms with van der Waals surface area (Å²) >= 11 is 0. The number of nitrogens with zero attached hydrogens (tertiary/aromatic N) is 2. The van der Waals surface area contributed by atoms with Gasteiger partial charge in [0.2, 0.25) is 0 Å². The first kappa shape index (κ1) is 13.0. The maximum atomic E-state index is 5.17. The van der Waals surface area contributed by atoms with Crippen LogP contribution in [-0.4, -0.2) is 37.3 Å². The molecule has 0 bridgehead atoms. The van der Waals surface area contributed by atoms with Gasteiger partial charge in [-0.15, -0.1) is 0 Å². The third kappa shape index (κ3) is 4.22. The molecule has 1 aromatic rings. The molecule has 0 saturated carbocycles. The SMILES string of the molecule is COCCNCc1ccnc(C(C)OC)n1. The molecule has 0 fully saturated rings. The van der Waals surface area contributed by atoms with E-state index in [1.54, 1.807) is 20.4 Å². The van der Waals surface area contributed by atoms with Gasteiger partial charge >= 0.3 is 0 Å². The van der Waals surface area contributed by atoms with Crippen molar-refractivity contribution >= 4 is 0 Å². The Morgan fingerprint density at radius 3 is 2.94 bits per heavy atom. The molecule has 5 nitrogen and oxygen atoms in total. The molecule has 1 atom stereocenters. The molecule has 1 N–H and O–H groups in total. The molecule has 0 aliphatic carbocycles. The Balaban J connectivity index is 2.47. The average molecular weight is 225 g/mol. The molecule has 0 saturated heterocycles. The highest BCUT2D eigenvalue weighted by atomic mass is 16.5. The summed E-state index contributed by atoms with van der Waals surface area (Å²) in [6, 6.07) is 1.89. The fourth-order valence-corrected chi connectivity index (χ4v) is 1.20. The second kappa shape index (κ2) is 7.27. The van der Waals surface area contributed by atoms with Crippen LogP contribution in [0.15, 0.2) is 12.3 Å². The Kier molecular flexibility index (Phi) is 5.92. The van der Waals surface area contributed by atoms with Crippen LogP contribution < -0.4 is 5.32 Å². The number of aromatic nitrogens is 2. The zero-order valence-electron chi connectivity index (χ0n) is 10.1. The van der Waals surface area contributed by atoms with E-state index >= 15 is 0 Å². The molecule has 1 unspecified atom stereocenters. The smallest absolute Gasteiger partial charge is 0.157 e. The van der Waals surface area contributed by atoms with Crippen molar-refractivity contribution in [1.82, 2.24) is 15.3 Å². The van der Waals surface area contributed by atoms with Gasteiger partial charge in [0, 0.05) is 33.5 Å². The molecule has 0 aliphatic rings. The quantitative estimate of drug-likeness (QED) is 0.699. The molecule has 1 rings (SSSR count). The second-order valence-electron chi connectivity index (χ2n) is 3.45. The van der Waals surface area contributed by atoms with Gasteiger partial charge in [-0.05, 0) is 13.0 Å². The molecule has 5 heteroatoms. The molecular weight excluding hydrogens is 206 g/mol. The minimum Gasteiger partial charge on any atom is -0.383 e. The third-order valence-corrected chi connectivity index (χ3v) is 2.24. The molecule has 1 heterocycles. The number of nitrogens with one attached hydrogen (secondary N) is 1. The number of rotatable bonds is 7. The van der Waals surface area contributed by atoms with Crippen LogP contribution >= 0.6 is 0 Å². The van der Waals surface area contributed by atoms with Crippen LogP contribution in [0.1, 0.15) is 24.5 Å². The predicted octanol–water partition coefficient (Wildman–Crippen LogP) is 0.920. The van der Waals surface area contributed by atoms with Crippen LogP contribution in [-0.2, 0) is 16.0 Å². The van der Waals surface area contributed by atoms with E-state index < -0.39 is 0 Å². The first-order valence-corrected chi connectivity index (χ1v) is 5.32. The van der Waals surface area contributed by atoms with Gasteiger partial charge in [-0.25, -0.2) is 9.97 Å². The van der Waals surface area contributed by atoms with E-state index in [0.717, 1.165) is 18.8 Å². The van der Waals surface area contributed by atoms with Crippen LogP contribution in [0.2, 0.25) is 0 Å². The molecule has 16 heavy (non-hydrogen) atoms. The van der Waals surface area contributed by atoms with E-state index in [1.807, 2.05) is 13.0 Å². The van der Waals surface area contributed by atoms with Gasteiger partial charge < -0.3 is 14.8 Å². The first-order chi connectivity index (χ1) is 7.77. The van der Waals surface area contributed by atoms with Gasteiger partial charge in [0.05, 0.1) is 12.3 Å². The maximum absolute atomic E-state index is 5.17. The van der Waals surface area contributed by atoms with E-state index in [2.05, 4.69) is 15.3 Å². The fraction of sp³-hybridized carbons (Fsp3) is 0.636. The van der Waals surface area contributed by atoms with Crippen molar-refractivity contribution in [2.45, 2.75) is 19.6 Å². The zero-order chi connectivity index (χ0) is 11.8. The maximum Gasteiger partial charge on any atom is 0.157 e. The largest absolute Gasteiger partial charge is 0.383 e. The normalized spacial score (nSPS) is 12.7. The zero-order valence-corrected chi connectivity index (χ0v) is 10.1. The lowest BCUT2D eigenvalue weighted by molar-refractivity contribution is 0.112. The summed E-state index contributed by atoms with van der Waals surface area (Å²) in [4.78, 5) is 8.57. The molecule has 0 amide bonds. The third-order valence-electron chi connectivity index (χ3n) is 2.24. The second-order valence-corrected chi connectivity index (χ2v) is 3.45. The summed E-state index contributed by atoms with van der Waals surface area (Å²) in [5.74, 6) is 0.716. The van der Waals surface area contributed by atoms with Crippen molar-refractivity contribution in [3.8, 4) is 0 Å². The molecule has 0 aromatic carbocycles. The van der Waals surface area contributed by atoms with Gasteiger partial charge in [-0.1, -0.05) is 0 Å². The summed E-state index contributed by atoms with van der Waals surface area (Å²) in [6.07, 6.45) is 1.68. The lowest BCUT2D eigenvalue weighted by Gasteiger charge is -2.09. The van der Waals surface area contributed by atoms with Crippen molar-refractivity contribution in [2.75, 3.05) is 27.4 Å². The van der Waals surface area contributed by atoms with E-state index in [9.17, 15) is 0 Å². The Hall–Kier alpha value is -1.04. The minimum atomic E-state index is -0.0704. The van der Waals surface area contributed by atoms with E-state index in [0.29, 0.717) is 12.4 Å². The van der Waals surface area contributed by atoms with Crippen LogP contribution in [0, 0.1) is 0 Å². The summed E-state index contributed by atoms with van der Waals surface area (Å²) in [7, 11) is 3.34. The van der Waals surface area contributed by atoms with Crippen molar-refractivity contribution in [3.05, 3.63) is 23.8 Å². The van der Waals surface area contributed by atoms with Gasteiger partial charge in [0.1, 0.15) is 6.10 Å². The highest BCUT2D eigenvalue weighted by molar-refractivity contribution is 5.03. The average Bonchev–Trinajstić information content (AvgIpc) is 2.34. The minimum absolute atomic E-state index is 0.0704. The summed E-state index contributed by atoms with van der Waals surface area (Å²) in [5.41, 5.74) is 0.963. The van der Waals surface area contributed by atoms with Crippen LogP contribution in [0.5, 0.6) is 0 Å². The number of hydrogen-bond donors (Lipinski definition) is 1. The lowest BCUT2D eigenvalue weighted by Crippen LogP contribution is -2.19. The number of methoxy groups -OCH3 is 2. The predicted molar refractivity (Wildman–Crippen MR) is 61.0 cm³/mol. The van der Waals surface area contributed by atoms with Crippen molar-refractivity contribution < 1.29 is 9.47 Å². The lowest BCUT2D eigenvalue weighted by atomic mass is 10.3. The Morgan fingerprint density at radius 2 is 2.25 bits per heavy atom. The molecule has 90 valence electrons. The van der Waals surface area contributed by atoms with Gasteiger partial charge in [0.25, 0.3) is 0 Å². The summed E-state index contributed by atoms with van der Waals surface area (Å²) in [5, 5.41) is 3.23. The number of ether oxygens (including phenoxy) is 2. The molecule has 1 aromatic heterocycles. The molecule has 0 aliphatic heterocycles. The van der Waals surface area contributed by atoms with E-state index in [4.69, 9.17) is 9.47 Å². The topological polar surface area (TPSA) is 56.3 Å². The molecule has 0 spiro atoms. The van der Waals surface area contributed by atoms with Crippen LogP contribution in [0.3, 0.4) is 0 Å². The van der Waals surface area contributed by atoms with E-state index in [-0.39, 0.29) is 6.10 Å². The highest BCUT2D eigenvalue weighted by Gasteiger charge is 2.07. The Morgan fingerprint density at radius 1 is 1.44 bits per heavy atom. The van der Waals surface area contributed by atoms with Gasteiger partial charge in [0.15, 0.2) is 5.82 Å².